The number of carboxylic acid groups (broad SMARTS) is 1. The molecule has 0 radical (unpaired) electrons. The molecule has 0 unspecified atom stereocenters. The summed E-state index contributed by atoms with van der Waals surface area (Å²) in [5.74, 6) is 6.76. The first-order chi connectivity index (χ1) is 17.9. The van der Waals surface area contributed by atoms with E-state index in [4.69, 9.17) is 16.3 Å². The summed E-state index contributed by atoms with van der Waals surface area (Å²) >= 11 is 5.94. The van der Waals surface area contributed by atoms with Gasteiger partial charge < -0.3 is 9.84 Å². The van der Waals surface area contributed by atoms with E-state index in [0.717, 1.165) is 36.0 Å². The number of fused-ring (bicyclic) bond motifs is 1. The molecule has 5 nitrogen and oxygen atoms in total. The summed E-state index contributed by atoms with van der Waals surface area (Å²) in [4.78, 5) is 17.9. The van der Waals surface area contributed by atoms with Crippen LogP contribution < -0.4 is 4.74 Å². The van der Waals surface area contributed by atoms with Gasteiger partial charge in [-0.25, -0.2) is 4.39 Å². The van der Waals surface area contributed by atoms with Gasteiger partial charge in [0, 0.05) is 35.1 Å². The Morgan fingerprint density at radius 1 is 1.22 bits per heavy atom. The fourth-order valence-corrected chi connectivity index (χ4v) is 5.29. The van der Waals surface area contributed by atoms with Gasteiger partial charge in [-0.2, -0.15) is 0 Å². The molecule has 1 saturated heterocycles. The minimum atomic E-state index is -1.12. The molecule has 1 N–H and O–H groups in total. The average Bonchev–Trinajstić information content (AvgIpc) is 2.91. The number of likely N-dealkylation sites (tertiary alicyclic amines) is 1. The van der Waals surface area contributed by atoms with E-state index >= 15 is 4.39 Å². The van der Waals surface area contributed by atoms with Gasteiger partial charge in [-0.3, -0.25) is 14.7 Å². The average molecular weight is 523 g/mol. The zero-order chi connectivity index (χ0) is 26.2. The number of hydrogen-bond donors (Lipinski definition) is 1. The fraction of sp³-hybridized carbons (Fsp3) is 0.400. The number of halogens is 2. The van der Waals surface area contributed by atoms with Gasteiger partial charge in [-0.1, -0.05) is 23.4 Å². The van der Waals surface area contributed by atoms with Crippen LogP contribution in [0, 0.1) is 23.7 Å². The van der Waals surface area contributed by atoms with Crippen molar-refractivity contribution in [1.29, 1.82) is 0 Å². The van der Waals surface area contributed by atoms with Gasteiger partial charge in [-0.15, -0.1) is 0 Å². The molecular formula is C30H32ClFN2O3. The quantitative estimate of drug-likeness (QED) is 0.323. The number of benzene rings is 2. The van der Waals surface area contributed by atoms with Gasteiger partial charge in [0.15, 0.2) is 0 Å². The first-order valence-corrected chi connectivity index (χ1v) is 13.1. The van der Waals surface area contributed by atoms with Crippen LogP contribution in [0.4, 0.5) is 4.39 Å². The molecule has 37 heavy (non-hydrogen) atoms. The van der Waals surface area contributed by atoms with Crippen LogP contribution in [0.15, 0.2) is 54.7 Å². The SMILES string of the molecule is COc1ccc2nccc([C@H](F)CC[C@@H]3CCN(CC#Cc4ccc(Cl)cc4)C[C@H]3CCC(=O)O)c2c1. The number of methoxy groups -OCH3 is 1. The minimum Gasteiger partial charge on any atom is -0.497 e. The number of nitrogens with zero attached hydrogens (tertiary/aromatic N) is 2. The molecular weight excluding hydrogens is 491 g/mol. The summed E-state index contributed by atoms with van der Waals surface area (Å²) in [5.41, 5.74) is 2.28. The van der Waals surface area contributed by atoms with Crippen LogP contribution in [0.3, 0.4) is 0 Å². The largest absolute Gasteiger partial charge is 0.497 e. The molecule has 1 aliphatic rings. The molecule has 194 valence electrons. The minimum absolute atomic E-state index is 0.124. The molecule has 2 aromatic carbocycles. The monoisotopic (exact) mass is 522 g/mol. The van der Waals surface area contributed by atoms with E-state index in [1.807, 2.05) is 42.5 Å². The Morgan fingerprint density at radius 2 is 2.03 bits per heavy atom. The van der Waals surface area contributed by atoms with Crippen molar-refractivity contribution in [3.05, 3.63) is 70.9 Å². The molecule has 1 aliphatic heterocycles. The maximum Gasteiger partial charge on any atom is 0.303 e. The first-order valence-electron chi connectivity index (χ1n) is 12.7. The lowest BCUT2D eigenvalue weighted by atomic mass is 9.79. The zero-order valence-electron chi connectivity index (χ0n) is 21.0. The maximum absolute atomic E-state index is 15.5. The molecule has 0 bridgehead atoms. The summed E-state index contributed by atoms with van der Waals surface area (Å²) in [6.45, 7) is 2.27. The Bertz CT molecular complexity index is 1270. The van der Waals surface area contributed by atoms with Crippen molar-refractivity contribution in [2.75, 3.05) is 26.7 Å². The molecule has 0 saturated carbocycles. The zero-order valence-corrected chi connectivity index (χ0v) is 21.8. The predicted octanol–water partition coefficient (Wildman–Crippen LogP) is 6.54. The number of carbonyl (C=O) groups is 1. The van der Waals surface area contributed by atoms with Gasteiger partial charge in [0.1, 0.15) is 11.9 Å². The van der Waals surface area contributed by atoms with Crippen LogP contribution in [0.2, 0.25) is 5.02 Å². The van der Waals surface area contributed by atoms with Crippen LogP contribution in [0.1, 0.15) is 49.4 Å². The van der Waals surface area contributed by atoms with Crippen LogP contribution >= 0.6 is 11.6 Å². The molecule has 1 fully saturated rings. The number of hydrogen-bond acceptors (Lipinski definition) is 4. The van der Waals surface area contributed by atoms with Crippen molar-refractivity contribution >= 4 is 28.5 Å². The number of carboxylic acids is 1. The maximum atomic E-state index is 15.5. The van der Waals surface area contributed by atoms with Crippen molar-refractivity contribution in [2.24, 2.45) is 11.8 Å². The lowest BCUT2D eigenvalue weighted by molar-refractivity contribution is -0.137. The first kappa shape index (κ1) is 26.9. The van der Waals surface area contributed by atoms with Gasteiger partial charge in [0.25, 0.3) is 0 Å². The van der Waals surface area contributed by atoms with Gasteiger partial charge >= 0.3 is 5.97 Å². The van der Waals surface area contributed by atoms with Crippen molar-refractivity contribution in [2.45, 2.75) is 38.3 Å². The number of aromatic nitrogens is 1. The van der Waals surface area contributed by atoms with Crippen LogP contribution in [0.25, 0.3) is 10.9 Å². The highest BCUT2D eigenvalue weighted by atomic mass is 35.5. The Labute approximate surface area is 222 Å². The van der Waals surface area contributed by atoms with E-state index in [1.165, 1.54) is 0 Å². The second-order valence-electron chi connectivity index (χ2n) is 9.61. The number of rotatable bonds is 9. The summed E-state index contributed by atoms with van der Waals surface area (Å²) in [6.07, 6.45) is 3.25. The third-order valence-electron chi connectivity index (χ3n) is 7.19. The Hall–Kier alpha value is -3.14. The summed E-state index contributed by atoms with van der Waals surface area (Å²) in [6, 6.07) is 14.7. The van der Waals surface area contributed by atoms with E-state index in [0.29, 0.717) is 42.1 Å². The number of ether oxygens (including phenoxy) is 1. The van der Waals surface area contributed by atoms with E-state index < -0.39 is 12.1 Å². The van der Waals surface area contributed by atoms with Gasteiger partial charge in [-0.05, 0) is 98.2 Å². The lowest BCUT2D eigenvalue weighted by Crippen LogP contribution is -2.41. The van der Waals surface area contributed by atoms with E-state index in [9.17, 15) is 9.90 Å². The molecule has 7 heteroatoms. The summed E-state index contributed by atoms with van der Waals surface area (Å²) < 4.78 is 20.8. The standard InChI is InChI=1S/C30H32ClFN2O3/c1-37-25-10-12-29-27(19-25)26(14-16-33-29)28(32)11-6-22-15-18-34(20-23(22)7-13-30(35)36)17-2-3-21-4-8-24(31)9-5-21/h4-5,8-10,12,14,16,19,22-23,28H,6-7,11,13,15,17-18,20H2,1H3,(H,35,36)/t22-,23-,28-/m1/s1. The number of piperidine rings is 1. The normalized spacial score (nSPS) is 18.7. The molecule has 3 aromatic rings. The van der Waals surface area contributed by atoms with Gasteiger partial charge in [0.05, 0.1) is 19.2 Å². The van der Waals surface area contributed by atoms with Crippen LogP contribution in [-0.4, -0.2) is 47.7 Å². The lowest BCUT2D eigenvalue weighted by Gasteiger charge is -2.38. The van der Waals surface area contributed by atoms with Crippen LogP contribution in [0.5, 0.6) is 5.75 Å². The summed E-state index contributed by atoms with van der Waals surface area (Å²) in [5, 5.41) is 10.7. The van der Waals surface area contributed by atoms with Crippen molar-refractivity contribution < 1.29 is 19.0 Å². The second kappa shape index (κ2) is 12.9. The topological polar surface area (TPSA) is 62.7 Å². The highest BCUT2D eigenvalue weighted by Gasteiger charge is 2.30. The van der Waals surface area contributed by atoms with Crippen molar-refractivity contribution in [3.8, 4) is 17.6 Å². The van der Waals surface area contributed by atoms with Crippen molar-refractivity contribution in [3.63, 3.8) is 0 Å². The molecule has 3 atom stereocenters. The second-order valence-corrected chi connectivity index (χ2v) is 10.0. The number of aliphatic carboxylic acids is 1. The third-order valence-corrected chi connectivity index (χ3v) is 7.45. The molecule has 0 amide bonds. The highest BCUT2D eigenvalue weighted by molar-refractivity contribution is 6.30. The Balaban J connectivity index is 1.39. The Morgan fingerprint density at radius 3 is 2.78 bits per heavy atom. The molecule has 1 aromatic heterocycles. The predicted molar refractivity (Wildman–Crippen MR) is 145 cm³/mol. The molecule has 2 heterocycles. The molecule has 0 spiro atoms. The number of pyridine rings is 1. The molecule has 0 aliphatic carbocycles. The Kier molecular flexibility index (Phi) is 9.38. The van der Waals surface area contributed by atoms with Gasteiger partial charge in [0.2, 0.25) is 0 Å². The van der Waals surface area contributed by atoms with Crippen molar-refractivity contribution in [1.82, 2.24) is 9.88 Å². The van der Waals surface area contributed by atoms with Crippen LogP contribution in [-0.2, 0) is 4.79 Å². The summed E-state index contributed by atoms with van der Waals surface area (Å²) in [7, 11) is 1.59. The van der Waals surface area contributed by atoms with E-state index in [-0.39, 0.29) is 18.3 Å². The molecule has 4 rings (SSSR count). The van der Waals surface area contributed by atoms with E-state index in [1.54, 1.807) is 19.4 Å². The van der Waals surface area contributed by atoms with E-state index in [2.05, 4.69) is 21.7 Å². The highest BCUT2D eigenvalue weighted by Crippen LogP contribution is 2.36. The third kappa shape index (κ3) is 7.44. The fourth-order valence-electron chi connectivity index (χ4n) is 5.16. The number of alkyl halides is 1. The smallest absolute Gasteiger partial charge is 0.303 e.